The van der Waals surface area contributed by atoms with Crippen LogP contribution in [0.2, 0.25) is 0 Å². The van der Waals surface area contributed by atoms with Crippen molar-refractivity contribution in [1.82, 2.24) is 14.5 Å². The van der Waals surface area contributed by atoms with Crippen molar-refractivity contribution in [2.45, 2.75) is 19.1 Å². The molecule has 1 fully saturated rings. The zero-order valence-corrected chi connectivity index (χ0v) is 15.6. The summed E-state index contributed by atoms with van der Waals surface area (Å²) in [6.07, 6.45) is 0.940. The molecule has 0 aromatic heterocycles. The molecular weight excluding hydrogens is 342 g/mol. The van der Waals surface area contributed by atoms with Crippen molar-refractivity contribution in [3.63, 3.8) is 0 Å². The van der Waals surface area contributed by atoms with Crippen molar-refractivity contribution < 1.29 is 18.3 Å². The number of rotatable bonds is 8. The molecule has 1 aliphatic heterocycles. The number of carbonyl (C=O) groups excluding carboxylic acids is 1. The molecule has 2 rings (SSSR count). The summed E-state index contributed by atoms with van der Waals surface area (Å²) in [5.74, 6) is -0.200. The number of sulfonamides is 1. The van der Waals surface area contributed by atoms with Crippen LogP contribution in [0.15, 0.2) is 30.3 Å². The topological polar surface area (TPSA) is 90.0 Å². The number of aliphatic hydroxyl groups is 1. The first-order chi connectivity index (χ1) is 11.8. The number of β-amino-alcohol motifs (C(OH)–C–C–N with tert-alkyl or cyclic N) is 1. The van der Waals surface area contributed by atoms with Crippen LogP contribution in [0.1, 0.15) is 12.0 Å². The largest absolute Gasteiger partial charge is 0.391 e. The van der Waals surface area contributed by atoms with Gasteiger partial charge >= 0.3 is 0 Å². The maximum absolute atomic E-state index is 12.1. The molecule has 1 aliphatic rings. The molecule has 0 unspecified atom stereocenters. The van der Waals surface area contributed by atoms with Gasteiger partial charge in [0.05, 0.1) is 12.4 Å². The van der Waals surface area contributed by atoms with Gasteiger partial charge in [-0.2, -0.15) is 4.31 Å². The van der Waals surface area contributed by atoms with E-state index in [0.29, 0.717) is 32.7 Å². The highest BCUT2D eigenvalue weighted by Gasteiger charge is 2.33. The Morgan fingerprint density at radius 1 is 1.32 bits per heavy atom. The number of nitrogens with one attached hydrogen (secondary N) is 1. The number of benzene rings is 1. The van der Waals surface area contributed by atoms with Crippen molar-refractivity contribution in [1.29, 1.82) is 0 Å². The van der Waals surface area contributed by atoms with Gasteiger partial charge in [-0.3, -0.25) is 9.69 Å². The van der Waals surface area contributed by atoms with Crippen molar-refractivity contribution in [2.24, 2.45) is 5.92 Å². The summed E-state index contributed by atoms with van der Waals surface area (Å²) in [4.78, 5) is 13.5. The number of aliphatic hydroxyl groups excluding tert-OH is 1. The summed E-state index contributed by atoms with van der Waals surface area (Å²) < 4.78 is 25.6. The Morgan fingerprint density at radius 2 is 2.00 bits per heavy atom. The van der Waals surface area contributed by atoms with E-state index in [1.807, 2.05) is 35.2 Å². The highest BCUT2D eigenvalue weighted by molar-refractivity contribution is 7.88. The molecule has 1 aromatic carbocycles. The number of nitrogens with zero attached hydrogens (tertiary/aromatic N) is 2. The quantitative estimate of drug-likeness (QED) is 0.667. The van der Waals surface area contributed by atoms with Crippen LogP contribution >= 0.6 is 0 Å². The molecule has 25 heavy (non-hydrogen) atoms. The second kappa shape index (κ2) is 8.75. The number of carbonyl (C=O) groups is 1. The normalized spacial score (nSPS) is 21.6. The molecule has 0 saturated carbocycles. The SMILES string of the molecule is CNC(=O)C[C@@H]1CN(CCN(Cc2ccccc2)S(C)(=O)=O)C[C@H]1O. The van der Waals surface area contributed by atoms with Gasteiger partial charge in [0.1, 0.15) is 0 Å². The number of hydrogen-bond donors (Lipinski definition) is 2. The van der Waals surface area contributed by atoms with E-state index in [9.17, 15) is 18.3 Å². The summed E-state index contributed by atoms with van der Waals surface area (Å²) in [7, 11) is -1.75. The highest BCUT2D eigenvalue weighted by atomic mass is 32.2. The smallest absolute Gasteiger partial charge is 0.220 e. The first kappa shape index (κ1) is 19.8. The highest BCUT2D eigenvalue weighted by Crippen LogP contribution is 2.20. The van der Waals surface area contributed by atoms with Crippen LogP contribution in [0.25, 0.3) is 0 Å². The molecule has 140 valence electrons. The van der Waals surface area contributed by atoms with E-state index >= 15 is 0 Å². The molecular formula is C17H27N3O4S. The van der Waals surface area contributed by atoms with Crippen LogP contribution in [-0.2, 0) is 21.4 Å². The Hall–Kier alpha value is -1.48. The van der Waals surface area contributed by atoms with Gasteiger partial charge < -0.3 is 10.4 Å². The molecule has 1 amide bonds. The molecule has 0 spiro atoms. The monoisotopic (exact) mass is 369 g/mol. The van der Waals surface area contributed by atoms with E-state index in [4.69, 9.17) is 0 Å². The number of hydrogen-bond acceptors (Lipinski definition) is 5. The summed E-state index contributed by atoms with van der Waals surface area (Å²) in [5.41, 5.74) is 0.937. The Bertz CT molecular complexity index is 666. The predicted octanol–water partition coefficient (Wildman–Crippen LogP) is -0.123. The lowest BCUT2D eigenvalue weighted by Gasteiger charge is -2.23. The Morgan fingerprint density at radius 3 is 2.60 bits per heavy atom. The Kier molecular flexibility index (Phi) is 6.95. The summed E-state index contributed by atoms with van der Waals surface area (Å²) >= 11 is 0. The van der Waals surface area contributed by atoms with Gasteiger partial charge in [-0.15, -0.1) is 0 Å². The third kappa shape index (κ3) is 6.07. The molecule has 2 N–H and O–H groups in total. The number of likely N-dealkylation sites (tertiary alicyclic amines) is 1. The van der Waals surface area contributed by atoms with E-state index in [1.54, 1.807) is 7.05 Å². The summed E-state index contributed by atoms with van der Waals surface area (Å²) in [5, 5.41) is 12.7. The fourth-order valence-corrected chi connectivity index (χ4v) is 3.86. The van der Waals surface area contributed by atoms with Crippen LogP contribution < -0.4 is 5.32 Å². The summed E-state index contributed by atoms with van der Waals surface area (Å²) in [6.45, 7) is 2.27. The van der Waals surface area contributed by atoms with E-state index in [1.165, 1.54) is 10.6 Å². The van der Waals surface area contributed by atoms with Crippen LogP contribution in [0.4, 0.5) is 0 Å². The van der Waals surface area contributed by atoms with E-state index in [0.717, 1.165) is 5.56 Å². The van der Waals surface area contributed by atoms with Gasteiger partial charge in [-0.1, -0.05) is 30.3 Å². The van der Waals surface area contributed by atoms with Crippen LogP contribution in [0, 0.1) is 5.92 Å². The van der Waals surface area contributed by atoms with Gasteiger partial charge in [0.2, 0.25) is 15.9 Å². The fraction of sp³-hybridized carbons (Fsp3) is 0.588. The van der Waals surface area contributed by atoms with Crippen molar-refractivity contribution in [2.75, 3.05) is 39.5 Å². The third-order valence-electron chi connectivity index (χ3n) is 4.54. The van der Waals surface area contributed by atoms with Gasteiger partial charge in [-0.05, 0) is 5.56 Å². The van der Waals surface area contributed by atoms with E-state index in [-0.39, 0.29) is 18.2 Å². The van der Waals surface area contributed by atoms with Crippen LogP contribution in [0.5, 0.6) is 0 Å². The van der Waals surface area contributed by atoms with Crippen LogP contribution in [0.3, 0.4) is 0 Å². The Balaban J connectivity index is 1.91. The molecule has 1 heterocycles. The standard InChI is InChI=1S/C17H27N3O4S/c1-18-17(22)10-15-12-19(13-16(15)21)8-9-20(25(2,23)24)11-14-6-4-3-5-7-14/h3-7,15-16,21H,8-13H2,1-2H3,(H,18,22)/t15-,16-/m1/s1. The van der Waals surface area contributed by atoms with Crippen molar-refractivity contribution in [3.8, 4) is 0 Å². The maximum Gasteiger partial charge on any atom is 0.220 e. The average molecular weight is 369 g/mol. The second-order valence-corrected chi connectivity index (χ2v) is 8.53. The molecule has 1 aromatic rings. The van der Waals surface area contributed by atoms with Gasteiger partial charge in [-0.25, -0.2) is 8.42 Å². The van der Waals surface area contributed by atoms with Gasteiger partial charge in [0.25, 0.3) is 0 Å². The molecule has 1 saturated heterocycles. The fourth-order valence-electron chi connectivity index (χ4n) is 3.07. The minimum absolute atomic E-state index is 0.0901. The van der Waals surface area contributed by atoms with Gasteiger partial charge in [0, 0.05) is 52.1 Å². The van der Waals surface area contributed by atoms with E-state index in [2.05, 4.69) is 5.32 Å². The minimum atomic E-state index is -3.32. The summed E-state index contributed by atoms with van der Waals surface area (Å²) in [6, 6.07) is 9.47. The third-order valence-corrected chi connectivity index (χ3v) is 5.79. The van der Waals surface area contributed by atoms with Crippen molar-refractivity contribution >= 4 is 15.9 Å². The lowest BCUT2D eigenvalue weighted by Crippen LogP contribution is -2.37. The molecule has 7 nitrogen and oxygen atoms in total. The average Bonchev–Trinajstić information content (AvgIpc) is 2.91. The molecule has 0 radical (unpaired) electrons. The molecule has 0 aliphatic carbocycles. The maximum atomic E-state index is 12.1. The molecule has 8 heteroatoms. The zero-order valence-electron chi connectivity index (χ0n) is 14.8. The minimum Gasteiger partial charge on any atom is -0.391 e. The molecule has 0 bridgehead atoms. The first-order valence-corrected chi connectivity index (χ1v) is 10.2. The van der Waals surface area contributed by atoms with Gasteiger partial charge in [0.15, 0.2) is 0 Å². The van der Waals surface area contributed by atoms with E-state index < -0.39 is 16.1 Å². The molecule has 2 atom stereocenters. The lowest BCUT2D eigenvalue weighted by molar-refractivity contribution is -0.122. The number of amides is 1. The Labute approximate surface area is 149 Å². The second-order valence-electron chi connectivity index (χ2n) is 6.55. The predicted molar refractivity (Wildman–Crippen MR) is 96.3 cm³/mol. The van der Waals surface area contributed by atoms with Crippen LogP contribution in [-0.4, -0.2) is 74.2 Å². The zero-order chi connectivity index (χ0) is 18.4. The lowest BCUT2D eigenvalue weighted by atomic mass is 10.0. The first-order valence-electron chi connectivity index (χ1n) is 8.39. The van der Waals surface area contributed by atoms with Crippen molar-refractivity contribution in [3.05, 3.63) is 35.9 Å².